The number of furan rings is 1. The van der Waals surface area contributed by atoms with Gasteiger partial charge < -0.3 is 9.73 Å². The summed E-state index contributed by atoms with van der Waals surface area (Å²) in [6, 6.07) is 5.11. The summed E-state index contributed by atoms with van der Waals surface area (Å²) in [5.41, 5.74) is 1.62. The van der Waals surface area contributed by atoms with Gasteiger partial charge in [0.25, 0.3) is 0 Å². The molecule has 0 fully saturated rings. The molecule has 1 aromatic carbocycles. The molecule has 1 heterocycles. The van der Waals surface area contributed by atoms with E-state index in [1.807, 2.05) is 20.8 Å². The van der Waals surface area contributed by atoms with Gasteiger partial charge in [0.1, 0.15) is 17.2 Å². The van der Waals surface area contributed by atoms with Crippen molar-refractivity contribution < 1.29 is 8.81 Å². The number of aryl methyl sites for hydroxylation is 1. The highest BCUT2D eigenvalue weighted by Gasteiger charge is 2.14. The van der Waals surface area contributed by atoms with Crippen LogP contribution in [0.25, 0.3) is 11.0 Å². The molecule has 0 radical (unpaired) electrons. The highest BCUT2D eigenvalue weighted by atomic mass is 19.1. The molecule has 0 aliphatic rings. The Bertz CT molecular complexity index is 465. The highest BCUT2D eigenvalue weighted by molar-refractivity contribution is 5.81. The maximum absolute atomic E-state index is 13.5. The quantitative estimate of drug-likeness (QED) is 0.857. The summed E-state index contributed by atoms with van der Waals surface area (Å²) < 4.78 is 19.2. The molecule has 0 saturated carbocycles. The average molecular weight is 221 g/mol. The number of rotatable bonds is 3. The average Bonchev–Trinajstić information content (AvgIpc) is 2.70. The Morgan fingerprint density at radius 2 is 2.19 bits per heavy atom. The minimum Gasteiger partial charge on any atom is -0.459 e. The van der Waals surface area contributed by atoms with E-state index in [-0.39, 0.29) is 11.9 Å². The van der Waals surface area contributed by atoms with Crippen LogP contribution in [0.15, 0.2) is 22.6 Å². The van der Waals surface area contributed by atoms with E-state index >= 15 is 0 Å². The normalized spacial score (nSPS) is 13.2. The lowest BCUT2D eigenvalue weighted by Gasteiger charge is -2.07. The van der Waals surface area contributed by atoms with Gasteiger partial charge in [0.05, 0.1) is 11.4 Å². The summed E-state index contributed by atoms with van der Waals surface area (Å²) in [5, 5.41) is 3.81. The Hall–Kier alpha value is -1.35. The van der Waals surface area contributed by atoms with E-state index < -0.39 is 0 Å². The van der Waals surface area contributed by atoms with E-state index in [9.17, 15) is 4.39 Å². The Morgan fingerprint density at radius 1 is 1.44 bits per heavy atom. The Labute approximate surface area is 94.4 Å². The monoisotopic (exact) mass is 221 g/mol. The number of fused-ring (bicyclic) bond motifs is 1. The molecule has 0 spiro atoms. The van der Waals surface area contributed by atoms with E-state index in [1.54, 1.807) is 12.1 Å². The number of hydrogen-bond acceptors (Lipinski definition) is 2. The van der Waals surface area contributed by atoms with Crippen LogP contribution >= 0.6 is 0 Å². The molecule has 16 heavy (non-hydrogen) atoms. The van der Waals surface area contributed by atoms with Gasteiger partial charge in [-0.05, 0) is 38.1 Å². The standard InChI is InChI=1S/C13H16FNO/c1-4-15-9(3)12-7-10-11(14)6-5-8(2)13(10)16-12/h5-7,9,15H,4H2,1-3H3. The maximum Gasteiger partial charge on any atom is 0.140 e. The smallest absolute Gasteiger partial charge is 0.140 e. The molecule has 1 unspecified atom stereocenters. The molecule has 0 amide bonds. The van der Waals surface area contributed by atoms with Crippen LogP contribution in [0, 0.1) is 12.7 Å². The minimum atomic E-state index is -0.223. The first-order valence-electron chi connectivity index (χ1n) is 5.55. The van der Waals surface area contributed by atoms with Crippen molar-refractivity contribution in [3.05, 3.63) is 35.3 Å². The van der Waals surface area contributed by atoms with Gasteiger partial charge in [-0.15, -0.1) is 0 Å². The first-order valence-corrected chi connectivity index (χ1v) is 5.55. The van der Waals surface area contributed by atoms with Crippen LogP contribution in [0.4, 0.5) is 4.39 Å². The molecule has 0 bridgehead atoms. The Kier molecular flexibility index (Phi) is 2.97. The third-order valence-corrected chi connectivity index (χ3v) is 2.78. The largest absolute Gasteiger partial charge is 0.459 e. The van der Waals surface area contributed by atoms with E-state index in [4.69, 9.17) is 4.42 Å². The van der Waals surface area contributed by atoms with Crippen LogP contribution in [0.2, 0.25) is 0 Å². The topological polar surface area (TPSA) is 25.2 Å². The predicted molar refractivity (Wildman–Crippen MR) is 63.0 cm³/mol. The van der Waals surface area contributed by atoms with Gasteiger partial charge in [-0.1, -0.05) is 13.0 Å². The molecular formula is C13H16FNO. The van der Waals surface area contributed by atoms with Gasteiger partial charge in [0.15, 0.2) is 0 Å². The van der Waals surface area contributed by atoms with Crippen LogP contribution in [0.5, 0.6) is 0 Å². The second kappa shape index (κ2) is 4.26. The van der Waals surface area contributed by atoms with Crippen LogP contribution in [0.3, 0.4) is 0 Å². The SMILES string of the molecule is CCNC(C)c1cc2c(F)ccc(C)c2o1. The zero-order valence-corrected chi connectivity index (χ0v) is 9.80. The minimum absolute atomic E-state index is 0.108. The van der Waals surface area contributed by atoms with Crippen LogP contribution < -0.4 is 5.32 Å². The van der Waals surface area contributed by atoms with Gasteiger partial charge in [-0.25, -0.2) is 4.39 Å². The molecule has 0 saturated heterocycles. The molecule has 1 aromatic heterocycles. The molecule has 2 nitrogen and oxygen atoms in total. The van der Waals surface area contributed by atoms with Gasteiger partial charge in [-0.2, -0.15) is 0 Å². The van der Waals surface area contributed by atoms with Gasteiger partial charge in [0, 0.05) is 0 Å². The highest BCUT2D eigenvalue weighted by Crippen LogP contribution is 2.28. The number of nitrogens with one attached hydrogen (secondary N) is 1. The first kappa shape index (κ1) is 11.1. The fourth-order valence-corrected chi connectivity index (χ4v) is 1.86. The molecule has 2 rings (SSSR count). The van der Waals surface area contributed by atoms with Crippen molar-refractivity contribution in [1.29, 1.82) is 0 Å². The Balaban J connectivity index is 2.51. The molecule has 2 aromatic rings. The van der Waals surface area contributed by atoms with Gasteiger partial charge >= 0.3 is 0 Å². The fourth-order valence-electron chi connectivity index (χ4n) is 1.86. The molecule has 1 atom stereocenters. The van der Waals surface area contributed by atoms with E-state index in [2.05, 4.69) is 5.32 Å². The molecule has 1 N–H and O–H groups in total. The fraction of sp³-hybridized carbons (Fsp3) is 0.385. The summed E-state index contributed by atoms with van der Waals surface area (Å²) in [6.07, 6.45) is 0. The van der Waals surface area contributed by atoms with Crippen molar-refractivity contribution in [1.82, 2.24) is 5.32 Å². The number of benzene rings is 1. The molecular weight excluding hydrogens is 205 g/mol. The van der Waals surface area contributed by atoms with E-state index in [1.165, 1.54) is 6.07 Å². The summed E-state index contributed by atoms with van der Waals surface area (Å²) in [5.74, 6) is 0.560. The van der Waals surface area contributed by atoms with Crippen molar-refractivity contribution in [2.45, 2.75) is 26.8 Å². The van der Waals surface area contributed by atoms with Crippen LogP contribution in [-0.4, -0.2) is 6.54 Å². The zero-order chi connectivity index (χ0) is 11.7. The van der Waals surface area contributed by atoms with Crippen molar-refractivity contribution in [2.75, 3.05) is 6.54 Å². The number of halogens is 1. The van der Waals surface area contributed by atoms with Crippen LogP contribution in [-0.2, 0) is 0 Å². The summed E-state index contributed by atoms with van der Waals surface area (Å²) in [4.78, 5) is 0. The second-order valence-electron chi connectivity index (χ2n) is 4.04. The van der Waals surface area contributed by atoms with Crippen molar-refractivity contribution in [3.63, 3.8) is 0 Å². The van der Waals surface area contributed by atoms with Crippen molar-refractivity contribution in [3.8, 4) is 0 Å². The molecule has 0 aliphatic carbocycles. The molecule has 3 heteroatoms. The van der Waals surface area contributed by atoms with Crippen LogP contribution in [0.1, 0.15) is 31.2 Å². The lowest BCUT2D eigenvalue weighted by atomic mass is 10.1. The van der Waals surface area contributed by atoms with Crippen molar-refractivity contribution in [2.24, 2.45) is 0 Å². The second-order valence-corrected chi connectivity index (χ2v) is 4.04. The lowest BCUT2D eigenvalue weighted by Crippen LogP contribution is -2.16. The Morgan fingerprint density at radius 3 is 2.81 bits per heavy atom. The van der Waals surface area contributed by atoms with Crippen molar-refractivity contribution >= 4 is 11.0 Å². The van der Waals surface area contributed by atoms with Gasteiger partial charge in [0.2, 0.25) is 0 Å². The van der Waals surface area contributed by atoms with E-state index in [0.717, 1.165) is 17.9 Å². The molecule has 86 valence electrons. The third kappa shape index (κ3) is 1.83. The number of hydrogen-bond donors (Lipinski definition) is 1. The third-order valence-electron chi connectivity index (χ3n) is 2.78. The maximum atomic E-state index is 13.5. The van der Waals surface area contributed by atoms with E-state index in [0.29, 0.717) is 11.0 Å². The van der Waals surface area contributed by atoms with Gasteiger partial charge in [-0.3, -0.25) is 0 Å². The zero-order valence-electron chi connectivity index (χ0n) is 9.80. The summed E-state index contributed by atoms with van der Waals surface area (Å²) in [7, 11) is 0. The lowest BCUT2D eigenvalue weighted by molar-refractivity contribution is 0.458. The summed E-state index contributed by atoms with van der Waals surface area (Å²) in [6.45, 7) is 6.83. The predicted octanol–water partition coefficient (Wildman–Crippen LogP) is 3.55. The molecule has 0 aliphatic heterocycles. The first-order chi connectivity index (χ1) is 7.63. The summed E-state index contributed by atoms with van der Waals surface area (Å²) >= 11 is 0.